The SMILES string of the molecule is CCNC(=NCc1cccc(COC2CCOCC2)c1)NCCCn1nc(C)cc1C.I. The second-order valence-electron chi connectivity index (χ2n) is 8.07. The Hall–Kier alpha value is -1.65. The molecule has 0 unspecified atom stereocenters. The van der Waals surface area contributed by atoms with E-state index in [1.54, 1.807) is 0 Å². The maximum absolute atomic E-state index is 6.05. The first-order valence-electron chi connectivity index (χ1n) is 11.4. The molecule has 1 saturated heterocycles. The van der Waals surface area contributed by atoms with Crippen LogP contribution in [-0.4, -0.2) is 48.1 Å². The highest BCUT2D eigenvalue weighted by molar-refractivity contribution is 14.0. The standard InChI is InChI=1S/C24H37N5O2.HI/c1-4-25-24(26-11-6-12-29-20(3)15-19(2)28-29)27-17-21-7-5-8-22(16-21)18-31-23-9-13-30-14-10-23;/h5,7-8,15-16,23H,4,6,9-14,17-18H2,1-3H3,(H2,25,26,27);1H. The Balaban J connectivity index is 0.00000363. The van der Waals surface area contributed by atoms with Gasteiger partial charge in [-0.05, 0) is 57.2 Å². The van der Waals surface area contributed by atoms with Crippen molar-refractivity contribution in [2.24, 2.45) is 4.99 Å². The first-order chi connectivity index (χ1) is 15.1. The monoisotopic (exact) mass is 555 g/mol. The molecule has 178 valence electrons. The van der Waals surface area contributed by atoms with Crippen LogP contribution in [0.5, 0.6) is 0 Å². The van der Waals surface area contributed by atoms with Gasteiger partial charge in [-0.2, -0.15) is 5.10 Å². The second-order valence-corrected chi connectivity index (χ2v) is 8.07. The summed E-state index contributed by atoms with van der Waals surface area (Å²) in [5.74, 6) is 0.847. The smallest absolute Gasteiger partial charge is 0.191 e. The lowest BCUT2D eigenvalue weighted by molar-refractivity contribution is -0.0390. The normalized spacial score (nSPS) is 14.8. The molecule has 1 aromatic heterocycles. The Morgan fingerprint density at radius 1 is 1.19 bits per heavy atom. The van der Waals surface area contributed by atoms with Crippen LogP contribution in [-0.2, 0) is 29.2 Å². The minimum Gasteiger partial charge on any atom is -0.381 e. The molecule has 0 spiro atoms. The Morgan fingerprint density at radius 2 is 1.97 bits per heavy atom. The summed E-state index contributed by atoms with van der Waals surface area (Å²) in [6, 6.07) is 10.6. The van der Waals surface area contributed by atoms with Crippen LogP contribution in [0.3, 0.4) is 0 Å². The number of nitrogens with zero attached hydrogens (tertiary/aromatic N) is 3. The number of guanidine groups is 1. The second kappa shape index (κ2) is 14.5. The van der Waals surface area contributed by atoms with Crippen molar-refractivity contribution in [3.05, 3.63) is 52.8 Å². The van der Waals surface area contributed by atoms with Crippen molar-refractivity contribution in [3.8, 4) is 0 Å². The van der Waals surface area contributed by atoms with E-state index in [9.17, 15) is 0 Å². The van der Waals surface area contributed by atoms with E-state index in [-0.39, 0.29) is 24.0 Å². The molecule has 2 N–H and O–H groups in total. The van der Waals surface area contributed by atoms with Crippen molar-refractivity contribution in [1.29, 1.82) is 0 Å². The van der Waals surface area contributed by atoms with E-state index in [0.717, 1.165) is 63.8 Å². The molecule has 1 fully saturated rings. The van der Waals surface area contributed by atoms with Crippen LogP contribution in [0.15, 0.2) is 35.3 Å². The van der Waals surface area contributed by atoms with Gasteiger partial charge in [-0.3, -0.25) is 4.68 Å². The molecule has 3 rings (SSSR count). The number of nitrogens with one attached hydrogen (secondary N) is 2. The summed E-state index contributed by atoms with van der Waals surface area (Å²) in [7, 11) is 0. The molecule has 1 aliphatic rings. The highest BCUT2D eigenvalue weighted by Gasteiger charge is 2.14. The number of hydrogen-bond donors (Lipinski definition) is 2. The van der Waals surface area contributed by atoms with Gasteiger partial charge in [-0.1, -0.05) is 24.3 Å². The number of hydrogen-bond acceptors (Lipinski definition) is 4. The van der Waals surface area contributed by atoms with E-state index in [1.165, 1.54) is 16.8 Å². The van der Waals surface area contributed by atoms with Gasteiger partial charge in [0.2, 0.25) is 0 Å². The fraction of sp³-hybridized carbons (Fsp3) is 0.583. The molecule has 2 heterocycles. The quantitative estimate of drug-likeness (QED) is 0.201. The number of ether oxygens (including phenoxy) is 2. The number of benzene rings is 1. The van der Waals surface area contributed by atoms with Crippen LogP contribution in [0.2, 0.25) is 0 Å². The van der Waals surface area contributed by atoms with Gasteiger partial charge in [-0.25, -0.2) is 4.99 Å². The zero-order valence-electron chi connectivity index (χ0n) is 19.6. The van der Waals surface area contributed by atoms with E-state index >= 15 is 0 Å². The molecule has 0 radical (unpaired) electrons. The lowest BCUT2D eigenvalue weighted by Crippen LogP contribution is -2.38. The topological polar surface area (TPSA) is 72.7 Å². The maximum Gasteiger partial charge on any atom is 0.191 e. The van der Waals surface area contributed by atoms with Gasteiger partial charge in [0.1, 0.15) is 0 Å². The summed E-state index contributed by atoms with van der Waals surface area (Å²) in [6.45, 7) is 11.7. The van der Waals surface area contributed by atoms with Crippen LogP contribution in [0.4, 0.5) is 0 Å². The molecule has 8 heteroatoms. The maximum atomic E-state index is 6.05. The van der Waals surface area contributed by atoms with Crippen molar-refractivity contribution in [2.75, 3.05) is 26.3 Å². The molecule has 32 heavy (non-hydrogen) atoms. The lowest BCUT2D eigenvalue weighted by Gasteiger charge is -2.22. The average Bonchev–Trinajstić information content (AvgIpc) is 3.11. The summed E-state index contributed by atoms with van der Waals surface area (Å²) in [4.78, 5) is 4.76. The minimum atomic E-state index is 0. The molecular formula is C24H38IN5O2. The number of halogens is 1. The Bertz CT molecular complexity index is 834. The zero-order chi connectivity index (χ0) is 21.9. The van der Waals surface area contributed by atoms with E-state index in [0.29, 0.717) is 19.3 Å². The summed E-state index contributed by atoms with van der Waals surface area (Å²) < 4.78 is 13.5. The van der Waals surface area contributed by atoms with Crippen molar-refractivity contribution >= 4 is 29.9 Å². The Morgan fingerprint density at radius 3 is 2.69 bits per heavy atom. The highest BCUT2D eigenvalue weighted by atomic mass is 127. The summed E-state index contributed by atoms with van der Waals surface area (Å²) in [5.41, 5.74) is 4.66. The summed E-state index contributed by atoms with van der Waals surface area (Å²) in [6.07, 6.45) is 3.28. The van der Waals surface area contributed by atoms with Gasteiger partial charge >= 0.3 is 0 Å². The number of aromatic nitrogens is 2. The highest BCUT2D eigenvalue weighted by Crippen LogP contribution is 2.14. The third kappa shape index (κ3) is 9.07. The fourth-order valence-corrected chi connectivity index (χ4v) is 3.72. The van der Waals surface area contributed by atoms with E-state index in [2.05, 4.69) is 64.6 Å². The van der Waals surface area contributed by atoms with E-state index in [4.69, 9.17) is 14.5 Å². The third-order valence-electron chi connectivity index (χ3n) is 5.35. The lowest BCUT2D eigenvalue weighted by atomic mass is 10.1. The predicted molar refractivity (Wildman–Crippen MR) is 140 cm³/mol. The first kappa shape index (κ1) is 26.6. The van der Waals surface area contributed by atoms with Gasteiger partial charge < -0.3 is 20.1 Å². The molecule has 0 bridgehead atoms. The Labute approximate surface area is 209 Å². The van der Waals surface area contributed by atoms with Crippen molar-refractivity contribution in [2.45, 2.75) is 65.8 Å². The van der Waals surface area contributed by atoms with Crippen LogP contribution in [0, 0.1) is 13.8 Å². The number of rotatable bonds is 10. The van der Waals surface area contributed by atoms with E-state index in [1.807, 2.05) is 6.92 Å². The van der Waals surface area contributed by atoms with Crippen molar-refractivity contribution in [1.82, 2.24) is 20.4 Å². The molecule has 1 aliphatic heterocycles. The van der Waals surface area contributed by atoms with E-state index < -0.39 is 0 Å². The van der Waals surface area contributed by atoms with Crippen LogP contribution < -0.4 is 10.6 Å². The molecule has 0 amide bonds. The van der Waals surface area contributed by atoms with Gasteiger partial charge in [0.05, 0.1) is 24.9 Å². The molecule has 0 saturated carbocycles. The summed E-state index contributed by atoms with van der Waals surface area (Å²) >= 11 is 0. The number of aryl methyl sites for hydroxylation is 3. The zero-order valence-corrected chi connectivity index (χ0v) is 21.9. The molecular weight excluding hydrogens is 517 g/mol. The minimum absolute atomic E-state index is 0. The largest absolute Gasteiger partial charge is 0.381 e. The molecule has 0 aliphatic carbocycles. The Kier molecular flexibility index (Phi) is 12.0. The van der Waals surface area contributed by atoms with Crippen LogP contribution in [0.1, 0.15) is 48.7 Å². The van der Waals surface area contributed by atoms with Crippen molar-refractivity contribution in [3.63, 3.8) is 0 Å². The number of aliphatic imine (C=N–C) groups is 1. The van der Waals surface area contributed by atoms with Crippen LogP contribution >= 0.6 is 24.0 Å². The third-order valence-corrected chi connectivity index (χ3v) is 5.35. The molecule has 1 aromatic carbocycles. The fourth-order valence-electron chi connectivity index (χ4n) is 3.72. The van der Waals surface area contributed by atoms with Crippen molar-refractivity contribution < 1.29 is 9.47 Å². The van der Waals surface area contributed by atoms with Gasteiger partial charge in [0.25, 0.3) is 0 Å². The van der Waals surface area contributed by atoms with Gasteiger partial charge in [0.15, 0.2) is 5.96 Å². The first-order valence-corrected chi connectivity index (χ1v) is 11.4. The van der Waals surface area contributed by atoms with Gasteiger partial charge in [0, 0.05) is 38.5 Å². The molecule has 7 nitrogen and oxygen atoms in total. The predicted octanol–water partition coefficient (Wildman–Crippen LogP) is 3.96. The van der Waals surface area contributed by atoms with Gasteiger partial charge in [-0.15, -0.1) is 24.0 Å². The summed E-state index contributed by atoms with van der Waals surface area (Å²) in [5, 5.41) is 11.3. The average molecular weight is 556 g/mol. The molecule has 0 atom stereocenters. The molecule has 2 aromatic rings. The van der Waals surface area contributed by atoms with Crippen LogP contribution in [0.25, 0.3) is 0 Å².